The van der Waals surface area contributed by atoms with Crippen LogP contribution in [0.4, 0.5) is 0 Å². The fraction of sp³-hybridized carbons (Fsp3) is 0.556. The number of aryl methyl sites for hydroxylation is 2. The molecule has 0 fully saturated rings. The second kappa shape index (κ2) is 4.40. The van der Waals surface area contributed by atoms with E-state index in [-0.39, 0.29) is 0 Å². The summed E-state index contributed by atoms with van der Waals surface area (Å²) >= 11 is 0. The van der Waals surface area contributed by atoms with Crippen LogP contribution in [0.15, 0.2) is 0 Å². The quantitative estimate of drug-likeness (QED) is 0.749. The van der Waals surface area contributed by atoms with Crippen LogP contribution in [0.25, 0.3) is 0 Å². The number of nitrogens with zero attached hydrogens (tertiary/aromatic N) is 5. The Hall–Kier alpha value is -1.76. The highest BCUT2D eigenvalue weighted by Gasteiger charge is 2.08. The van der Waals surface area contributed by atoms with Crippen LogP contribution in [-0.2, 0) is 20.1 Å². The molecule has 0 aliphatic rings. The van der Waals surface area contributed by atoms with E-state index in [2.05, 4.69) is 38.0 Å². The molecule has 2 N–H and O–H groups in total. The summed E-state index contributed by atoms with van der Waals surface area (Å²) in [4.78, 5) is 0. The number of aromatic nitrogens is 6. The molecule has 0 spiro atoms. The highest BCUT2D eigenvalue weighted by Crippen LogP contribution is 2.11. The summed E-state index contributed by atoms with van der Waals surface area (Å²) in [5, 5.41) is 21.3. The zero-order chi connectivity index (χ0) is 11.5. The van der Waals surface area contributed by atoms with Crippen molar-refractivity contribution in [1.29, 1.82) is 0 Å². The topological polar surface area (TPSA) is 84.3 Å². The molecule has 0 bridgehead atoms. The first kappa shape index (κ1) is 10.7. The van der Waals surface area contributed by atoms with E-state index in [1.54, 1.807) is 0 Å². The van der Waals surface area contributed by atoms with E-state index < -0.39 is 0 Å². The van der Waals surface area contributed by atoms with Gasteiger partial charge >= 0.3 is 0 Å². The Labute approximate surface area is 93.2 Å². The van der Waals surface area contributed by atoms with Crippen LogP contribution in [0.2, 0.25) is 0 Å². The van der Waals surface area contributed by atoms with Crippen LogP contribution in [0.3, 0.4) is 0 Å². The summed E-state index contributed by atoms with van der Waals surface area (Å²) in [6.07, 6.45) is 0. The molecule has 0 aliphatic carbocycles. The third-order valence-electron chi connectivity index (χ3n) is 2.63. The normalized spacial score (nSPS) is 10.9. The van der Waals surface area contributed by atoms with E-state index in [0.717, 1.165) is 12.2 Å². The van der Waals surface area contributed by atoms with Crippen LogP contribution in [0.1, 0.15) is 22.8 Å². The first-order valence-corrected chi connectivity index (χ1v) is 5.10. The number of aromatic amines is 1. The van der Waals surface area contributed by atoms with Crippen LogP contribution in [0, 0.1) is 13.8 Å². The second-order valence-electron chi connectivity index (χ2n) is 3.70. The molecule has 16 heavy (non-hydrogen) atoms. The number of nitrogens with one attached hydrogen (secondary N) is 2. The van der Waals surface area contributed by atoms with E-state index in [9.17, 15) is 0 Å². The minimum absolute atomic E-state index is 0.601. The molecule has 2 heterocycles. The Morgan fingerprint density at radius 2 is 2.12 bits per heavy atom. The van der Waals surface area contributed by atoms with Crippen molar-refractivity contribution in [3.05, 3.63) is 22.8 Å². The Bertz CT molecular complexity index is 456. The van der Waals surface area contributed by atoms with Crippen molar-refractivity contribution in [1.82, 2.24) is 35.7 Å². The largest absolute Gasteiger partial charge is 0.305 e. The van der Waals surface area contributed by atoms with Gasteiger partial charge in [-0.3, -0.25) is 4.68 Å². The van der Waals surface area contributed by atoms with Crippen LogP contribution in [0.5, 0.6) is 0 Å². The summed E-state index contributed by atoms with van der Waals surface area (Å²) in [5.41, 5.74) is 3.46. The molecule has 0 unspecified atom stereocenters. The Kier molecular flexibility index (Phi) is 2.95. The predicted molar refractivity (Wildman–Crippen MR) is 57.4 cm³/mol. The first-order chi connectivity index (χ1) is 7.68. The van der Waals surface area contributed by atoms with Crippen LogP contribution < -0.4 is 5.32 Å². The molecular weight excluding hydrogens is 206 g/mol. The maximum atomic E-state index is 4.35. The molecular formula is C9H15N7. The van der Waals surface area contributed by atoms with Gasteiger partial charge in [-0.15, -0.1) is 10.2 Å². The van der Waals surface area contributed by atoms with Gasteiger partial charge in [-0.25, -0.2) is 0 Å². The number of hydrogen-bond donors (Lipinski definition) is 2. The minimum atomic E-state index is 0.601. The van der Waals surface area contributed by atoms with E-state index in [0.29, 0.717) is 12.4 Å². The van der Waals surface area contributed by atoms with Gasteiger partial charge in [-0.1, -0.05) is 5.21 Å². The molecule has 7 heteroatoms. The maximum Gasteiger partial charge on any atom is 0.188 e. The number of rotatable bonds is 4. The first-order valence-electron chi connectivity index (χ1n) is 5.10. The summed E-state index contributed by atoms with van der Waals surface area (Å²) in [6.45, 7) is 5.44. The lowest BCUT2D eigenvalue weighted by Crippen LogP contribution is -2.15. The van der Waals surface area contributed by atoms with Gasteiger partial charge in [0.05, 0.1) is 12.2 Å². The van der Waals surface area contributed by atoms with Gasteiger partial charge in [0.25, 0.3) is 0 Å². The van der Waals surface area contributed by atoms with E-state index >= 15 is 0 Å². The lowest BCUT2D eigenvalue weighted by molar-refractivity contribution is 0.657. The third kappa shape index (κ3) is 2.08. The van der Waals surface area contributed by atoms with Gasteiger partial charge < -0.3 is 5.32 Å². The van der Waals surface area contributed by atoms with Crippen molar-refractivity contribution >= 4 is 0 Å². The number of hydrogen-bond acceptors (Lipinski definition) is 5. The fourth-order valence-electron chi connectivity index (χ4n) is 1.63. The molecule has 0 saturated heterocycles. The van der Waals surface area contributed by atoms with E-state index in [4.69, 9.17) is 0 Å². The van der Waals surface area contributed by atoms with Gasteiger partial charge in [0.15, 0.2) is 5.82 Å². The van der Waals surface area contributed by atoms with Gasteiger partial charge in [-0.05, 0) is 13.8 Å². The van der Waals surface area contributed by atoms with Crippen LogP contribution in [-0.4, -0.2) is 30.4 Å². The summed E-state index contributed by atoms with van der Waals surface area (Å²) in [7, 11) is 1.95. The summed E-state index contributed by atoms with van der Waals surface area (Å²) < 4.78 is 1.89. The number of tetrazole rings is 1. The molecule has 0 atom stereocenters. The van der Waals surface area contributed by atoms with Crippen molar-refractivity contribution in [3.63, 3.8) is 0 Å². The van der Waals surface area contributed by atoms with Crippen LogP contribution >= 0.6 is 0 Å². The molecule has 2 aromatic heterocycles. The highest BCUT2D eigenvalue weighted by molar-refractivity contribution is 5.23. The zero-order valence-electron chi connectivity index (χ0n) is 9.65. The smallest absolute Gasteiger partial charge is 0.188 e. The predicted octanol–water partition coefficient (Wildman–Crippen LogP) is -0.160. The third-order valence-corrected chi connectivity index (χ3v) is 2.63. The average molecular weight is 221 g/mol. The molecule has 0 radical (unpaired) electrons. The van der Waals surface area contributed by atoms with Gasteiger partial charge in [0.1, 0.15) is 0 Å². The molecule has 2 aromatic rings. The van der Waals surface area contributed by atoms with E-state index in [1.807, 2.05) is 18.7 Å². The molecule has 2 rings (SSSR count). The SMILES string of the molecule is Cc1nn(C)c(C)c1CNCc1nn[nH]n1. The van der Waals surface area contributed by atoms with Gasteiger partial charge in [0, 0.05) is 24.8 Å². The van der Waals surface area contributed by atoms with Crippen molar-refractivity contribution in [2.45, 2.75) is 26.9 Å². The van der Waals surface area contributed by atoms with Crippen molar-refractivity contribution < 1.29 is 0 Å². The monoisotopic (exact) mass is 221 g/mol. The average Bonchev–Trinajstić information content (AvgIpc) is 2.82. The lowest BCUT2D eigenvalue weighted by Gasteiger charge is -2.02. The van der Waals surface area contributed by atoms with Crippen molar-refractivity contribution in [3.8, 4) is 0 Å². The molecule has 0 aliphatic heterocycles. The van der Waals surface area contributed by atoms with Gasteiger partial charge in [0.2, 0.25) is 0 Å². The van der Waals surface area contributed by atoms with Crippen molar-refractivity contribution in [2.24, 2.45) is 7.05 Å². The zero-order valence-corrected chi connectivity index (χ0v) is 9.65. The summed E-state index contributed by atoms with van der Waals surface area (Å²) in [6, 6.07) is 0. The van der Waals surface area contributed by atoms with Crippen molar-refractivity contribution in [2.75, 3.05) is 0 Å². The molecule has 0 saturated carbocycles. The summed E-state index contributed by atoms with van der Waals surface area (Å²) in [5.74, 6) is 0.666. The van der Waals surface area contributed by atoms with E-state index in [1.165, 1.54) is 11.3 Å². The Morgan fingerprint density at radius 3 is 2.69 bits per heavy atom. The second-order valence-corrected chi connectivity index (χ2v) is 3.70. The highest BCUT2D eigenvalue weighted by atomic mass is 15.5. The standard InChI is InChI=1S/C9H15N7/c1-6-8(7(2)16(3)13-6)4-10-5-9-11-14-15-12-9/h10H,4-5H2,1-3H3,(H,11,12,14,15). The molecule has 86 valence electrons. The Morgan fingerprint density at radius 1 is 1.31 bits per heavy atom. The molecule has 0 amide bonds. The molecule has 0 aromatic carbocycles. The number of H-pyrrole nitrogens is 1. The maximum absolute atomic E-state index is 4.35. The lowest BCUT2D eigenvalue weighted by atomic mass is 10.2. The molecule has 7 nitrogen and oxygen atoms in total. The fourth-order valence-corrected chi connectivity index (χ4v) is 1.63. The minimum Gasteiger partial charge on any atom is -0.305 e. The van der Waals surface area contributed by atoms with Gasteiger partial charge in [-0.2, -0.15) is 10.3 Å². The Balaban J connectivity index is 1.95.